The Hall–Kier alpha value is -3.10. The first-order chi connectivity index (χ1) is 13.3. The van der Waals surface area contributed by atoms with Gasteiger partial charge in [-0.2, -0.15) is 0 Å². The van der Waals surface area contributed by atoms with Crippen molar-refractivity contribution in [1.29, 1.82) is 0 Å². The van der Waals surface area contributed by atoms with Crippen molar-refractivity contribution in [2.75, 3.05) is 35.7 Å². The first-order valence-corrected chi connectivity index (χ1v) is 8.85. The number of nitrogens with two attached hydrogens (primary N) is 1. The number of aliphatic hydroxyl groups is 1. The molecular weight excluding hydrogens is 384 g/mol. The van der Waals surface area contributed by atoms with Gasteiger partial charge < -0.3 is 26.0 Å². The number of nitrogen functional groups attached to an aromatic ring is 1. The summed E-state index contributed by atoms with van der Waals surface area (Å²) in [4.78, 5) is 40.5. The first kappa shape index (κ1) is 19.7. The third-order valence-corrected chi connectivity index (χ3v) is 4.86. The van der Waals surface area contributed by atoms with Gasteiger partial charge in [-0.3, -0.25) is 14.4 Å². The van der Waals surface area contributed by atoms with E-state index in [4.69, 9.17) is 17.3 Å². The summed E-state index contributed by atoms with van der Waals surface area (Å²) in [7, 11) is 1.56. The molecule has 8 nitrogen and oxygen atoms in total. The zero-order chi connectivity index (χ0) is 20.4. The zero-order valence-electron chi connectivity index (χ0n) is 15.1. The van der Waals surface area contributed by atoms with E-state index in [1.54, 1.807) is 31.3 Å². The van der Waals surface area contributed by atoms with Crippen molar-refractivity contribution in [2.45, 2.75) is 6.04 Å². The second kappa shape index (κ2) is 7.87. The van der Waals surface area contributed by atoms with Gasteiger partial charge in [0, 0.05) is 12.6 Å². The molecule has 0 saturated heterocycles. The number of rotatable bonds is 3. The monoisotopic (exact) mass is 402 g/mol. The molecule has 0 radical (unpaired) electrons. The van der Waals surface area contributed by atoms with Crippen LogP contribution in [0.3, 0.4) is 0 Å². The van der Waals surface area contributed by atoms with E-state index in [1.165, 1.54) is 28.0 Å². The Balaban J connectivity index is 1.93. The third kappa shape index (κ3) is 3.64. The summed E-state index contributed by atoms with van der Waals surface area (Å²) in [5.41, 5.74) is 7.20. The highest BCUT2D eigenvalue weighted by molar-refractivity contribution is 6.33. The summed E-state index contributed by atoms with van der Waals surface area (Å²) in [6.45, 7) is -0.839. The molecular formula is C19H19ClN4O4. The van der Waals surface area contributed by atoms with Crippen LogP contribution in [0.5, 0.6) is 0 Å². The van der Waals surface area contributed by atoms with Crippen LogP contribution in [0.25, 0.3) is 0 Å². The zero-order valence-corrected chi connectivity index (χ0v) is 15.8. The van der Waals surface area contributed by atoms with E-state index in [2.05, 4.69) is 5.32 Å². The van der Waals surface area contributed by atoms with Crippen molar-refractivity contribution in [1.82, 2.24) is 5.32 Å². The number of hydrogen-bond donors (Lipinski definition) is 3. The average molecular weight is 403 g/mol. The van der Waals surface area contributed by atoms with Crippen LogP contribution in [0, 0.1) is 0 Å². The predicted octanol–water partition coefficient (Wildman–Crippen LogP) is 1.02. The Morgan fingerprint density at radius 2 is 1.93 bits per heavy atom. The number of likely N-dealkylation sites (N-methyl/N-ethyl adjacent to an activating group) is 1. The molecule has 146 valence electrons. The van der Waals surface area contributed by atoms with E-state index < -0.39 is 30.4 Å². The number of para-hydroxylation sites is 2. The number of carbonyl (C=O) groups excluding carboxylic acids is 3. The lowest BCUT2D eigenvalue weighted by molar-refractivity contribution is -0.121. The summed E-state index contributed by atoms with van der Waals surface area (Å²) < 4.78 is 0. The third-order valence-electron chi connectivity index (χ3n) is 4.53. The molecule has 3 amide bonds. The normalized spacial score (nSPS) is 16.4. The van der Waals surface area contributed by atoms with Crippen molar-refractivity contribution < 1.29 is 19.5 Å². The molecule has 0 spiro atoms. The van der Waals surface area contributed by atoms with Crippen LogP contribution in [0.2, 0.25) is 5.02 Å². The number of halogens is 1. The van der Waals surface area contributed by atoms with E-state index >= 15 is 0 Å². The van der Waals surface area contributed by atoms with Crippen molar-refractivity contribution >= 4 is 46.4 Å². The van der Waals surface area contributed by atoms with E-state index in [0.29, 0.717) is 17.1 Å². The molecule has 2 aromatic rings. The molecule has 9 heteroatoms. The lowest BCUT2D eigenvalue weighted by Crippen LogP contribution is -2.52. The molecule has 0 bridgehead atoms. The van der Waals surface area contributed by atoms with Gasteiger partial charge in [0.15, 0.2) is 0 Å². The van der Waals surface area contributed by atoms with E-state index in [-0.39, 0.29) is 17.1 Å². The van der Waals surface area contributed by atoms with Crippen LogP contribution in [-0.2, 0) is 9.59 Å². The highest BCUT2D eigenvalue weighted by atomic mass is 35.5. The van der Waals surface area contributed by atoms with Gasteiger partial charge in [-0.25, -0.2) is 0 Å². The lowest BCUT2D eigenvalue weighted by atomic mass is 10.1. The maximum absolute atomic E-state index is 12.9. The van der Waals surface area contributed by atoms with Gasteiger partial charge >= 0.3 is 0 Å². The number of aliphatic hydroxyl groups excluding tert-OH is 1. The molecule has 0 aliphatic carbocycles. The lowest BCUT2D eigenvalue weighted by Gasteiger charge is -2.24. The van der Waals surface area contributed by atoms with Crippen LogP contribution in [0.4, 0.5) is 17.1 Å². The predicted molar refractivity (Wildman–Crippen MR) is 106 cm³/mol. The molecule has 0 fully saturated rings. The largest absolute Gasteiger partial charge is 0.398 e. The summed E-state index contributed by atoms with van der Waals surface area (Å²) in [5, 5.41) is 12.2. The number of carbonyl (C=O) groups is 3. The standard InChI is InChI=1S/C19H19ClN4O4/c1-23-15-4-2-3-5-16(15)24(17(26)10-25)9-14(19(23)28)22-18(27)11-6-7-13(21)12(20)8-11/h2-8,14,25H,9-10,21H2,1H3,(H,22,27). The topological polar surface area (TPSA) is 116 Å². The van der Waals surface area contributed by atoms with Gasteiger partial charge in [-0.15, -0.1) is 0 Å². The SMILES string of the molecule is CN1C(=O)C(NC(=O)c2ccc(N)c(Cl)c2)CN(C(=O)CO)c2ccccc21. The number of amides is 3. The second-order valence-electron chi connectivity index (χ2n) is 6.31. The number of fused-ring (bicyclic) bond motifs is 1. The van der Waals surface area contributed by atoms with Crippen molar-refractivity contribution in [3.05, 3.63) is 53.1 Å². The summed E-state index contributed by atoms with van der Waals surface area (Å²) >= 11 is 5.96. The van der Waals surface area contributed by atoms with E-state index in [0.717, 1.165) is 0 Å². The van der Waals surface area contributed by atoms with Gasteiger partial charge in [-0.05, 0) is 30.3 Å². The maximum Gasteiger partial charge on any atom is 0.252 e. The molecule has 1 heterocycles. The maximum atomic E-state index is 12.9. The Kier molecular flexibility index (Phi) is 5.53. The quantitative estimate of drug-likeness (QED) is 0.663. The summed E-state index contributed by atoms with van der Waals surface area (Å²) in [6, 6.07) is 10.2. The fourth-order valence-electron chi connectivity index (χ4n) is 3.03. The highest BCUT2D eigenvalue weighted by Crippen LogP contribution is 2.32. The minimum absolute atomic E-state index is 0.117. The molecule has 1 atom stereocenters. The second-order valence-corrected chi connectivity index (χ2v) is 6.72. The number of hydrogen-bond acceptors (Lipinski definition) is 5. The Morgan fingerprint density at radius 3 is 2.57 bits per heavy atom. The molecule has 4 N–H and O–H groups in total. The van der Waals surface area contributed by atoms with Gasteiger partial charge in [0.1, 0.15) is 12.6 Å². The Labute approximate surface area is 166 Å². The summed E-state index contributed by atoms with van der Waals surface area (Å²) in [6.07, 6.45) is 0. The molecule has 0 aromatic heterocycles. The number of nitrogens with zero attached hydrogens (tertiary/aromatic N) is 2. The minimum atomic E-state index is -1.02. The molecule has 28 heavy (non-hydrogen) atoms. The Morgan fingerprint density at radius 1 is 1.25 bits per heavy atom. The smallest absolute Gasteiger partial charge is 0.252 e. The fourth-order valence-corrected chi connectivity index (χ4v) is 3.21. The first-order valence-electron chi connectivity index (χ1n) is 8.47. The number of anilines is 3. The van der Waals surface area contributed by atoms with Crippen LogP contribution in [0.15, 0.2) is 42.5 Å². The molecule has 1 aliphatic rings. The van der Waals surface area contributed by atoms with Gasteiger partial charge in [0.25, 0.3) is 17.7 Å². The molecule has 0 saturated carbocycles. The minimum Gasteiger partial charge on any atom is -0.398 e. The summed E-state index contributed by atoms with van der Waals surface area (Å²) in [5.74, 6) is -1.50. The molecule has 1 aliphatic heterocycles. The van der Waals surface area contributed by atoms with Crippen LogP contribution in [0.1, 0.15) is 10.4 Å². The van der Waals surface area contributed by atoms with Crippen LogP contribution in [-0.4, -0.2) is 49.1 Å². The van der Waals surface area contributed by atoms with Crippen molar-refractivity contribution in [2.24, 2.45) is 0 Å². The van der Waals surface area contributed by atoms with Crippen molar-refractivity contribution in [3.63, 3.8) is 0 Å². The van der Waals surface area contributed by atoms with Crippen molar-refractivity contribution in [3.8, 4) is 0 Å². The highest BCUT2D eigenvalue weighted by Gasteiger charge is 2.35. The molecule has 1 unspecified atom stereocenters. The van der Waals surface area contributed by atoms with Crippen LogP contribution >= 0.6 is 11.6 Å². The molecule has 2 aromatic carbocycles. The van der Waals surface area contributed by atoms with E-state index in [1.807, 2.05) is 0 Å². The number of nitrogens with one attached hydrogen (secondary N) is 1. The Bertz CT molecular complexity index is 949. The fraction of sp³-hybridized carbons (Fsp3) is 0.211. The van der Waals surface area contributed by atoms with Crippen LogP contribution < -0.4 is 20.9 Å². The van der Waals surface area contributed by atoms with Gasteiger partial charge in [-0.1, -0.05) is 23.7 Å². The van der Waals surface area contributed by atoms with Gasteiger partial charge in [0.05, 0.1) is 28.6 Å². The average Bonchev–Trinajstić information content (AvgIpc) is 2.80. The molecule has 3 rings (SSSR count). The van der Waals surface area contributed by atoms with Gasteiger partial charge in [0.2, 0.25) is 0 Å². The number of benzene rings is 2. The van der Waals surface area contributed by atoms with E-state index in [9.17, 15) is 19.5 Å².